The minimum Gasteiger partial charge on any atom is -0.297 e. The Bertz CT molecular complexity index is 897. The van der Waals surface area contributed by atoms with E-state index in [2.05, 4.69) is 32.8 Å². The molecule has 0 aliphatic heterocycles. The lowest BCUT2D eigenvalue weighted by atomic mass is 9.48. The number of aromatic nitrogens is 2. The Labute approximate surface area is 191 Å². The van der Waals surface area contributed by atoms with E-state index in [1.807, 2.05) is 0 Å². The largest absolute Gasteiger partial charge is 0.307 e. The van der Waals surface area contributed by atoms with Gasteiger partial charge in [0.2, 0.25) is 0 Å². The van der Waals surface area contributed by atoms with E-state index < -0.39 is 4.92 Å². The van der Waals surface area contributed by atoms with Gasteiger partial charge >= 0.3 is 5.69 Å². The molecule has 0 amide bonds. The molecule has 9 unspecified atom stereocenters. The predicted octanol–water partition coefficient (Wildman–Crippen LogP) is 5.76. The number of nitrogens with zero attached hydrogens (tertiary/aromatic N) is 3. The van der Waals surface area contributed by atoms with Crippen molar-refractivity contribution in [3.63, 3.8) is 0 Å². The van der Waals surface area contributed by atoms with Gasteiger partial charge in [0.25, 0.3) is 0 Å². The zero-order valence-corrected chi connectivity index (χ0v) is 20.1. The van der Waals surface area contributed by atoms with Crippen LogP contribution in [-0.2, 0) is 11.3 Å². The zero-order chi connectivity index (χ0) is 22.8. The highest BCUT2D eigenvalue weighted by Crippen LogP contribution is 2.67. The van der Waals surface area contributed by atoms with Crippen LogP contribution < -0.4 is 0 Å². The van der Waals surface area contributed by atoms with Crippen LogP contribution in [0.25, 0.3) is 0 Å². The van der Waals surface area contributed by atoms with Crippen LogP contribution in [0.3, 0.4) is 0 Å². The number of carbonyl (C=O) groups excluding carboxylic acids is 1. The van der Waals surface area contributed by atoms with Crippen LogP contribution in [0.15, 0.2) is 12.4 Å². The summed E-state index contributed by atoms with van der Waals surface area (Å²) in [6, 6.07) is 0. The highest BCUT2D eigenvalue weighted by atomic mass is 16.6. The monoisotopic (exact) mass is 441 g/mol. The van der Waals surface area contributed by atoms with Gasteiger partial charge in [-0.1, -0.05) is 34.1 Å². The first-order valence-corrected chi connectivity index (χ1v) is 12.9. The van der Waals surface area contributed by atoms with Crippen molar-refractivity contribution in [2.75, 3.05) is 0 Å². The highest BCUT2D eigenvalue weighted by Gasteiger charge is 2.63. The highest BCUT2D eigenvalue weighted by molar-refractivity contribution is 5.82. The summed E-state index contributed by atoms with van der Waals surface area (Å²) in [6.07, 6.45) is 12.1. The van der Waals surface area contributed by atoms with Gasteiger partial charge in [0.1, 0.15) is 18.9 Å². The average molecular weight is 442 g/mol. The standard InChI is InChI=1S/C26H39N3O3/c1-15-5-7-20-18(11-15)6-8-22-21(20)9-10-26(4)24(22)16(2)17(3)25(26)23(30)14-28-13-19(12-27-28)29(31)32/h12-13,15-18,20-22,24-25H,5-11,14H2,1-4H3/t15?,16-,17?,18?,20?,21?,22?,24?,25?,26?/m1/s1. The molecule has 0 saturated heterocycles. The normalized spacial score (nSPS) is 45.6. The summed E-state index contributed by atoms with van der Waals surface area (Å²) in [5.74, 6) is 6.13. The van der Waals surface area contributed by atoms with E-state index in [0.29, 0.717) is 17.8 Å². The second-order valence-corrected chi connectivity index (χ2v) is 12.1. The second kappa shape index (κ2) is 7.95. The molecule has 176 valence electrons. The van der Waals surface area contributed by atoms with Crippen molar-refractivity contribution in [1.82, 2.24) is 9.78 Å². The van der Waals surface area contributed by atoms with E-state index in [0.717, 1.165) is 36.0 Å². The van der Waals surface area contributed by atoms with Crippen LogP contribution >= 0.6 is 0 Å². The van der Waals surface area contributed by atoms with E-state index in [4.69, 9.17) is 0 Å². The lowest BCUT2D eigenvalue weighted by Gasteiger charge is -2.56. The van der Waals surface area contributed by atoms with E-state index in [9.17, 15) is 14.9 Å². The SMILES string of the molecule is CC1CCC2C(CCC3C2CCC2(C)C(C(=O)Cn4cc([N+](=O)[O-])cn4)C(C)[C@@H](C)C32)C1. The Balaban J connectivity index is 1.37. The molecule has 1 heterocycles. The third-order valence-corrected chi connectivity index (χ3v) is 10.6. The summed E-state index contributed by atoms with van der Waals surface area (Å²) < 4.78 is 1.47. The second-order valence-electron chi connectivity index (χ2n) is 12.1. The van der Waals surface area contributed by atoms with Crippen molar-refractivity contribution in [2.45, 2.75) is 79.2 Å². The molecule has 4 fully saturated rings. The van der Waals surface area contributed by atoms with Crippen molar-refractivity contribution < 1.29 is 9.72 Å². The minimum absolute atomic E-state index is 0.0239. The fourth-order valence-corrected chi connectivity index (χ4v) is 9.40. The smallest absolute Gasteiger partial charge is 0.297 e. The maximum absolute atomic E-state index is 13.6. The van der Waals surface area contributed by atoms with Gasteiger partial charge in [-0.15, -0.1) is 0 Å². The molecular weight excluding hydrogens is 402 g/mol. The third-order valence-electron chi connectivity index (χ3n) is 10.6. The summed E-state index contributed by atoms with van der Waals surface area (Å²) in [5.41, 5.74) is -0.000820. The maximum Gasteiger partial charge on any atom is 0.307 e. The summed E-state index contributed by atoms with van der Waals surface area (Å²) >= 11 is 0. The van der Waals surface area contributed by atoms with Crippen molar-refractivity contribution >= 4 is 11.5 Å². The first kappa shape index (κ1) is 22.1. The molecule has 4 aliphatic carbocycles. The van der Waals surface area contributed by atoms with Crippen molar-refractivity contribution in [1.29, 1.82) is 0 Å². The lowest BCUT2D eigenvalue weighted by Crippen LogP contribution is -2.50. The Morgan fingerprint density at radius 1 is 1.12 bits per heavy atom. The van der Waals surface area contributed by atoms with Gasteiger partial charge in [-0.25, -0.2) is 0 Å². The lowest BCUT2D eigenvalue weighted by molar-refractivity contribution is -0.385. The van der Waals surface area contributed by atoms with E-state index in [-0.39, 0.29) is 29.3 Å². The maximum atomic E-state index is 13.6. The molecule has 4 aliphatic rings. The van der Waals surface area contributed by atoms with Gasteiger partial charge in [0.15, 0.2) is 5.78 Å². The molecule has 0 N–H and O–H groups in total. The van der Waals surface area contributed by atoms with Crippen LogP contribution in [0.1, 0.15) is 72.6 Å². The van der Waals surface area contributed by atoms with Crippen LogP contribution in [0.5, 0.6) is 0 Å². The van der Waals surface area contributed by atoms with Crippen molar-refractivity contribution in [2.24, 2.45) is 58.7 Å². The van der Waals surface area contributed by atoms with Crippen LogP contribution in [0, 0.1) is 68.8 Å². The number of fused-ring (bicyclic) bond motifs is 5. The van der Waals surface area contributed by atoms with Gasteiger partial charge in [0, 0.05) is 5.92 Å². The molecule has 1 aromatic rings. The summed E-state index contributed by atoms with van der Waals surface area (Å²) in [4.78, 5) is 24.2. The van der Waals surface area contributed by atoms with E-state index >= 15 is 0 Å². The van der Waals surface area contributed by atoms with E-state index in [1.165, 1.54) is 55.6 Å². The molecule has 0 radical (unpaired) electrons. The zero-order valence-electron chi connectivity index (χ0n) is 20.1. The number of nitro groups is 1. The number of carbonyl (C=O) groups is 1. The number of hydrogen-bond donors (Lipinski definition) is 0. The van der Waals surface area contributed by atoms with Crippen LogP contribution in [0.4, 0.5) is 5.69 Å². The molecule has 10 atom stereocenters. The fraction of sp³-hybridized carbons (Fsp3) is 0.846. The van der Waals surface area contributed by atoms with Gasteiger partial charge in [-0.2, -0.15) is 5.10 Å². The number of hydrogen-bond acceptors (Lipinski definition) is 4. The van der Waals surface area contributed by atoms with Crippen molar-refractivity contribution in [3.8, 4) is 0 Å². The number of Topliss-reactive ketones (excluding diaryl/α,β-unsaturated/α-hetero) is 1. The van der Waals surface area contributed by atoms with Gasteiger partial charge in [-0.05, 0) is 91.3 Å². The fourth-order valence-electron chi connectivity index (χ4n) is 9.40. The Hall–Kier alpha value is -1.72. The summed E-state index contributed by atoms with van der Waals surface area (Å²) in [6.45, 7) is 9.67. The number of ketones is 1. The average Bonchev–Trinajstić information content (AvgIpc) is 3.28. The molecule has 0 bridgehead atoms. The first-order valence-electron chi connectivity index (χ1n) is 12.9. The van der Waals surface area contributed by atoms with E-state index in [1.54, 1.807) is 0 Å². The molecule has 5 rings (SSSR count). The minimum atomic E-state index is -0.449. The van der Waals surface area contributed by atoms with Crippen molar-refractivity contribution in [3.05, 3.63) is 22.5 Å². The Morgan fingerprint density at radius 3 is 2.59 bits per heavy atom. The molecule has 6 heteroatoms. The molecule has 0 spiro atoms. The quantitative estimate of drug-likeness (QED) is 0.440. The van der Waals surface area contributed by atoms with Gasteiger partial charge < -0.3 is 0 Å². The third kappa shape index (κ3) is 3.35. The molecule has 6 nitrogen and oxygen atoms in total. The Kier molecular flexibility index (Phi) is 5.49. The van der Waals surface area contributed by atoms with Crippen LogP contribution in [0.2, 0.25) is 0 Å². The first-order chi connectivity index (χ1) is 15.2. The molecular formula is C26H39N3O3. The van der Waals surface area contributed by atoms with Gasteiger partial charge in [0.05, 0.1) is 4.92 Å². The number of rotatable bonds is 4. The van der Waals surface area contributed by atoms with Gasteiger partial charge in [-0.3, -0.25) is 19.6 Å². The molecule has 0 aromatic carbocycles. The summed E-state index contributed by atoms with van der Waals surface area (Å²) in [7, 11) is 0. The molecule has 4 saturated carbocycles. The predicted molar refractivity (Wildman–Crippen MR) is 123 cm³/mol. The van der Waals surface area contributed by atoms with Crippen LogP contribution in [-0.4, -0.2) is 20.5 Å². The molecule has 1 aromatic heterocycles. The summed E-state index contributed by atoms with van der Waals surface area (Å²) in [5, 5.41) is 15.1. The Morgan fingerprint density at radius 2 is 1.88 bits per heavy atom. The topological polar surface area (TPSA) is 78.0 Å². The molecule has 32 heavy (non-hydrogen) atoms.